The van der Waals surface area contributed by atoms with Gasteiger partial charge in [0.15, 0.2) is 5.78 Å². The molecule has 0 aliphatic heterocycles. The van der Waals surface area contributed by atoms with Gasteiger partial charge in [-0.15, -0.1) is 0 Å². The molecule has 0 N–H and O–H groups in total. The largest absolute Gasteiger partial charge is 0.293 e. The number of carbonyl (C=O) groups excluding carboxylic acids is 1. The van der Waals surface area contributed by atoms with E-state index in [0.717, 1.165) is 15.9 Å². The van der Waals surface area contributed by atoms with Gasteiger partial charge < -0.3 is 0 Å². The van der Waals surface area contributed by atoms with Gasteiger partial charge in [-0.25, -0.2) is 4.98 Å². The Morgan fingerprint density at radius 1 is 1.13 bits per heavy atom. The van der Waals surface area contributed by atoms with Gasteiger partial charge in [-0.1, -0.05) is 41.6 Å². The molecule has 1 heterocycles. The van der Waals surface area contributed by atoms with Gasteiger partial charge in [0.05, 0.1) is 15.8 Å². The number of thioether (sulfide) groups is 1. The molecule has 3 rings (SSSR count). The summed E-state index contributed by atoms with van der Waals surface area (Å²) in [6, 6.07) is 17.1. The lowest BCUT2D eigenvalue weighted by atomic mass is 10.1. The molecule has 1 aromatic heterocycles. The molecule has 4 heteroatoms. The first-order chi connectivity index (χ1) is 11.0. The molecule has 116 valence electrons. The monoisotopic (exact) mass is 341 g/mol. The van der Waals surface area contributed by atoms with Gasteiger partial charge in [0, 0.05) is 16.0 Å². The van der Waals surface area contributed by atoms with Gasteiger partial charge in [-0.05, 0) is 55.8 Å². The third kappa shape index (κ3) is 3.57. The summed E-state index contributed by atoms with van der Waals surface area (Å²) in [7, 11) is 0. The third-order valence-electron chi connectivity index (χ3n) is 3.70. The average molecular weight is 342 g/mol. The van der Waals surface area contributed by atoms with E-state index in [1.807, 2.05) is 31.2 Å². The van der Waals surface area contributed by atoms with Crippen molar-refractivity contribution in [3.8, 4) is 0 Å². The van der Waals surface area contributed by atoms with E-state index < -0.39 is 0 Å². The van der Waals surface area contributed by atoms with Crippen LogP contribution >= 0.6 is 23.4 Å². The minimum absolute atomic E-state index is 0.0827. The zero-order valence-corrected chi connectivity index (χ0v) is 14.5. The molecule has 3 aromatic rings. The Balaban J connectivity index is 1.83. The molecule has 0 saturated heterocycles. The molecule has 1 atom stereocenters. The number of hydrogen-bond donors (Lipinski definition) is 0. The molecule has 2 aromatic carbocycles. The third-order valence-corrected chi connectivity index (χ3v) is 4.97. The van der Waals surface area contributed by atoms with Crippen LogP contribution in [0.2, 0.25) is 5.02 Å². The number of carbonyl (C=O) groups is 1. The molecular formula is C19H16ClNOS. The van der Waals surface area contributed by atoms with E-state index in [2.05, 4.69) is 18.0 Å². The number of ketones is 1. The van der Waals surface area contributed by atoms with Crippen molar-refractivity contribution in [1.29, 1.82) is 0 Å². The molecule has 2 nitrogen and oxygen atoms in total. The number of para-hydroxylation sites is 1. The van der Waals surface area contributed by atoms with Crippen molar-refractivity contribution in [3.05, 3.63) is 70.7 Å². The van der Waals surface area contributed by atoms with Crippen LogP contribution in [-0.2, 0) is 0 Å². The van der Waals surface area contributed by atoms with E-state index in [1.54, 1.807) is 24.3 Å². The predicted molar refractivity (Wildman–Crippen MR) is 97.6 cm³/mol. The average Bonchev–Trinajstić information content (AvgIpc) is 2.55. The lowest BCUT2D eigenvalue weighted by molar-refractivity contribution is 0.0994. The molecule has 0 saturated carbocycles. The van der Waals surface area contributed by atoms with Crippen molar-refractivity contribution in [3.63, 3.8) is 0 Å². The van der Waals surface area contributed by atoms with Gasteiger partial charge in [-0.3, -0.25) is 4.79 Å². The zero-order chi connectivity index (χ0) is 16.4. The first kappa shape index (κ1) is 16.0. The number of pyridine rings is 1. The van der Waals surface area contributed by atoms with Crippen LogP contribution in [0, 0.1) is 6.92 Å². The van der Waals surface area contributed by atoms with Crippen LogP contribution in [0.1, 0.15) is 22.8 Å². The predicted octanol–water partition coefficient (Wildman–Crippen LogP) is 5.56. The number of hydrogen-bond acceptors (Lipinski definition) is 3. The Morgan fingerprint density at radius 2 is 1.83 bits per heavy atom. The number of rotatable bonds is 4. The van der Waals surface area contributed by atoms with Crippen LogP contribution in [0.3, 0.4) is 0 Å². The normalized spacial score (nSPS) is 12.3. The van der Waals surface area contributed by atoms with Crippen LogP contribution in [0.25, 0.3) is 10.9 Å². The molecule has 0 aliphatic rings. The van der Waals surface area contributed by atoms with Gasteiger partial charge in [0.25, 0.3) is 0 Å². The summed E-state index contributed by atoms with van der Waals surface area (Å²) in [6.45, 7) is 3.98. The number of nitrogens with zero attached hydrogens (tertiary/aromatic N) is 1. The van der Waals surface area contributed by atoms with E-state index in [-0.39, 0.29) is 11.0 Å². The Hall–Kier alpha value is -1.84. The quantitative estimate of drug-likeness (QED) is 0.459. The van der Waals surface area contributed by atoms with Crippen LogP contribution in [-0.4, -0.2) is 16.0 Å². The van der Waals surface area contributed by atoms with Gasteiger partial charge in [0.2, 0.25) is 0 Å². The van der Waals surface area contributed by atoms with Gasteiger partial charge in [-0.2, -0.15) is 0 Å². The highest BCUT2D eigenvalue weighted by Gasteiger charge is 2.17. The summed E-state index contributed by atoms with van der Waals surface area (Å²) in [5, 5.41) is 2.45. The summed E-state index contributed by atoms with van der Waals surface area (Å²) >= 11 is 7.36. The Kier molecular flexibility index (Phi) is 4.69. The maximum atomic E-state index is 12.5. The van der Waals surface area contributed by atoms with Crippen LogP contribution < -0.4 is 0 Å². The topological polar surface area (TPSA) is 30.0 Å². The number of Topliss-reactive ketones (excluding diaryl/α,β-unsaturated/α-hetero) is 1. The minimum Gasteiger partial charge on any atom is -0.293 e. The second-order valence-electron chi connectivity index (χ2n) is 5.43. The van der Waals surface area contributed by atoms with E-state index >= 15 is 0 Å². The fourth-order valence-electron chi connectivity index (χ4n) is 2.46. The summed E-state index contributed by atoms with van der Waals surface area (Å²) in [5.74, 6) is 0.0827. The Labute approximate surface area is 144 Å². The Bertz CT molecular complexity index is 861. The fourth-order valence-corrected chi connectivity index (χ4v) is 3.59. The van der Waals surface area contributed by atoms with Gasteiger partial charge in [0.1, 0.15) is 0 Å². The lowest BCUT2D eigenvalue weighted by Crippen LogP contribution is -2.13. The highest BCUT2D eigenvalue weighted by Crippen LogP contribution is 2.28. The molecule has 0 unspecified atom stereocenters. The number of benzene rings is 2. The SMILES string of the molecule is Cc1cc(S[C@H](C)C(=O)c2ccc(Cl)cc2)nc2ccccc12. The van der Waals surface area contributed by atoms with Crippen molar-refractivity contribution < 1.29 is 4.79 Å². The number of halogens is 1. The second kappa shape index (κ2) is 6.73. The van der Waals surface area contributed by atoms with E-state index in [4.69, 9.17) is 11.6 Å². The highest BCUT2D eigenvalue weighted by atomic mass is 35.5. The molecule has 0 amide bonds. The minimum atomic E-state index is -0.204. The van der Waals surface area contributed by atoms with Crippen molar-refractivity contribution in [1.82, 2.24) is 4.98 Å². The van der Waals surface area contributed by atoms with Crippen molar-refractivity contribution >= 4 is 40.0 Å². The molecule has 0 aliphatic carbocycles. The van der Waals surface area contributed by atoms with E-state index in [9.17, 15) is 4.79 Å². The summed E-state index contributed by atoms with van der Waals surface area (Å²) < 4.78 is 0. The smallest absolute Gasteiger partial charge is 0.175 e. The second-order valence-corrected chi connectivity index (χ2v) is 7.22. The molecule has 0 spiro atoms. The molecule has 23 heavy (non-hydrogen) atoms. The van der Waals surface area contributed by atoms with E-state index in [1.165, 1.54) is 17.3 Å². The first-order valence-corrected chi connectivity index (χ1v) is 8.63. The number of fused-ring (bicyclic) bond motifs is 1. The number of aromatic nitrogens is 1. The summed E-state index contributed by atoms with van der Waals surface area (Å²) in [4.78, 5) is 17.2. The van der Waals surface area contributed by atoms with Crippen molar-refractivity contribution in [2.45, 2.75) is 24.1 Å². The van der Waals surface area contributed by atoms with Crippen LogP contribution in [0.15, 0.2) is 59.6 Å². The standard InChI is InChI=1S/C19H16ClNOS/c1-12-11-18(21-17-6-4-3-5-16(12)17)23-13(2)19(22)14-7-9-15(20)10-8-14/h3-11,13H,1-2H3/t13-/m1/s1. The Morgan fingerprint density at radius 3 is 2.57 bits per heavy atom. The lowest BCUT2D eigenvalue weighted by Gasteiger charge is -2.11. The van der Waals surface area contributed by atoms with Crippen LogP contribution in [0.4, 0.5) is 0 Å². The molecule has 0 bridgehead atoms. The van der Waals surface area contributed by atoms with Gasteiger partial charge >= 0.3 is 0 Å². The fraction of sp³-hybridized carbons (Fsp3) is 0.158. The molecule has 0 radical (unpaired) electrons. The van der Waals surface area contributed by atoms with Crippen molar-refractivity contribution in [2.75, 3.05) is 0 Å². The summed E-state index contributed by atoms with van der Waals surface area (Å²) in [6.07, 6.45) is 0. The zero-order valence-electron chi connectivity index (χ0n) is 12.9. The number of aryl methyl sites for hydroxylation is 1. The highest BCUT2D eigenvalue weighted by molar-refractivity contribution is 8.00. The first-order valence-electron chi connectivity index (χ1n) is 7.37. The van der Waals surface area contributed by atoms with Crippen LogP contribution in [0.5, 0.6) is 0 Å². The molecular weight excluding hydrogens is 326 g/mol. The van der Waals surface area contributed by atoms with E-state index in [0.29, 0.717) is 10.6 Å². The maximum absolute atomic E-state index is 12.5. The maximum Gasteiger partial charge on any atom is 0.175 e. The van der Waals surface area contributed by atoms with Crippen molar-refractivity contribution in [2.24, 2.45) is 0 Å². The molecule has 0 fully saturated rings. The summed E-state index contributed by atoms with van der Waals surface area (Å²) in [5.41, 5.74) is 2.80.